The highest BCUT2D eigenvalue weighted by Crippen LogP contribution is 2.32. The van der Waals surface area contributed by atoms with Crippen LogP contribution in [0.3, 0.4) is 0 Å². The van der Waals surface area contributed by atoms with E-state index in [4.69, 9.17) is 0 Å². The van der Waals surface area contributed by atoms with Crippen molar-refractivity contribution in [3.63, 3.8) is 0 Å². The summed E-state index contributed by atoms with van der Waals surface area (Å²) in [5.74, 6) is -0.358. The molecule has 2 rings (SSSR count). The summed E-state index contributed by atoms with van der Waals surface area (Å²) in [4.78, 5) is 4.85. The van der Waals surface area contributed by atoms with E-state index < -0.39 is 6.10 Å². The van der Waals surface area contributed by atoms with Crippen LogP contribution in [-0.4, -0.2) is 19.9 Å². The molecule has 0 saturated heterocycles. The average Bonchev–Trinajstić information content (AvgIpc) is 2.67. The molecule has 1 aromatic carbocycles. The van der Waals surface area contributed by atoms with Crippen molar-refractivity contribution in [3.05, 3.63) is 35.9 Å². The van der Waals surface area contributed by atoms with Crippen LogP contribution in [0.5, 0.6) is 0 Å². The van der Waals surface area contributed by atoms with E-state index in [9.17, 15) is 9.50 Å². The Kier molecular flexibility index (Phi) is 3.44. The lowest BCUT2D eigenvalue weighted by molar-refractivity contribution is 0.196. The first-order valence-corrected chi connectivity index (χ1v) is 5.89. The number of hydrogen-bond acceptors (Lipinski definition) is 4. The van der Waals surface area contributed by atoms with Crippen LogP contribution in [-0.2, 0) is 7.05 Å². The Morgan fingerprint density at radius 2 is 2.24 bits per heavy atom. The SMILES string of the molecule is CC(O)c1cc(F)ccc1Sc1ncnn1C. The van der Waals surface area contributed by atoms with E-state index in [-0.39, 0.29) is 5.82 Å². The molecule has 1 unspecified atom stereocenters. The molecular weight excluding hydrogens is 241 g/mol. The van der Waals surface area contributed by atoms with Crippen molar-refractivity contribution < 1.29 is 9.50 Å². The standard InChI is InChI=1S/C11H12FN3OS/c1-7(16)9-5-8(12)3-4-10(9)17-11-13-6-14-15(11)2/h3-7,16H,1-2H3. The van der Waals surface area contributed by atoms with Gasteiger partial charge in [-0.15, -0.1) is 0 Å². The molecule has 0 bridgehead atoms. The lowest BCUT2D eigenvalue weighted by Gasteiger charge is -2.10. The molecule has 90 valence electrons. The molecule has 0 saturated carbocycles. The number of aromatic nitrogens is 3. The van der Waals surface area contributed by atoms with Crippen molar-refractivity contribution in [2.45, 2.75) is 23.1 Å². The van der Waals surface area contributed by atoms with E-state index >= 15 is 0 Å². The quantitative estimate of drug-likeness (QED) is 0.910. The predicted octanol–water partition coefficient (Wildman–Crippen LogP) is 2.16. The third kappa shape index (κ3) is 2.65. The van der Waals surface area contributed by atoms with Crippen LogP contribution < -0.4 is 0 Å². The maximum atomic E-state index is 13.1. The molecule has 2 aromatic rings. The monoisotopic (exact) mass is 253 g/mol. The summed E-state index contributed by atoms with van der Waals surface area (Å²) >= 11 is 1.35. The molecule has 0 spiro atoms. The summed E-state index contributed by atoms with van der Waals surface area (Å²) in [6, 6.07) is 4.34. The van der Waals surface area contributed by atoms with Gasteiger partial charge in [0.25, 0.3) is 0 Å². The molecule has 0 aliphatic heterocycles. The van der Waals surface area contributed by atoms with E-state index in [0.717, 1.165) is 4.90 Å². The predicted molar refractivity (Wildman–Crippen MR) is 62.2 cm³/mol. The minimum atomic E-state index is -0.721. The lowest BCUT2D eigenvalue weighted by Crippen LogP contribution is -1.97. The van der Waals surface area contributed by atoms with Gasteiger partial charge in [-0.3, -0.25) is 0 Å². The van der Waals surface area contributed by atoms with Crippen molar-refractivity contribution in [1.29, 1.82) is 0 Å². The third-order valence-electron chi connectivity index (χ3n) is 2.29. The molecular formula is C11H12FN3OS. The van der Waals surface area contributed by atoms with E-state index in [1.165, 1.54) is 30.2 Å². The van der Waals surface area contributed by atoms with Gasteiger partial charge in [-0.25, -0.2) is 14.1 Å². The molecule has 1 heterocycles. The highest BCUT2D eigenvalue weighted by molar-refractivity contribution is 7.99. The second-order valence-corrected chi connectivity index (χ2v) is 4.64. The van der Waals surface area contributed by atoms with Crippen LogP contribution in [0, 0.1) is 5.82 Å². The van der Waals surface area contributed by atoms with Crippen molar-refractivity contribution in [1.82, 2.24) is 14.8 Å². The van der Waals surface area contributed by atoms with Gasteiger partial charge in [0.15, 0.2) is 5.16 Å². The fourth-order valence-electron chi connectivity index (χ4n) is 1.42. The first kappa shape index (κ1) is 12.1. The fraction of sp³-hybridized carbons (Fsp3) is 0.273. The van der Waals surface area contributed by atoms with Crippen molar-refractivity contribution in [2.75, 3.05) is 0 Å². The summed E-state index contributed by atoms with van der Waals surface area (Å²) < 4.78 is 14.7. The van der Waals surface area contributed by atoms with Gasteiger partial charge in [-0.05, 0) is 42.4 Å². The molecule has 0 aliphatic rings. The van der Waals surface area contributed by atoms with Crippen molar-refractivity contribution in [3.8, 4) is 0 Å². The van der Waals surface area contributed by atoms with Gasteiger partial charge in [0, 0.05) is 11.9 Å². The Morgan fingerprint density at radius 3 is 2.82 bits per heavy atom. The Hall–Kier alpha value is -1.40. The van der Waals surface area contributed by atoms with Crippen LogP contribution in [0.1, 0.15) is 18.6 Å². The van der Waals surface area contributed by atoms with Crippen LogP contribution >= 0.6 is 11.8 Å². The van der Waals surface area contributed by atoms with Gasteiger partial charge in [0.1, 0.15) is 12.1 Å². The first-order chi connectivity index (χ1) is 8.08. The molecule has 6 heteroatoms. The van der Waals surface area contributed by atoms with Crippen LogP contribution in [0.2, 0.25) is 0 Å². The Labute approximate surface area is 102 Å². The van der Waals surface area contributed by atoms with Crippen LogP contribution in [0.15, 0.2) is 34.6 Å². The van der Waals surface area contributed by atoms with Gasteiger partial charge in [-0.1, -0.05) is 0 Å². The summed E-state index contributed by atoms with van der Waals surface area (Å²) in [6.45, 7) is 1.61. The van der Waals surface area contributed by atoms with Gasteiger partial charge in [0.2, 0.25) is 0 Å². The number of halogens is 1. The smallest absolute Gasteiger partial charge is 0.190 e. The Morgan fingerprint density at radius 1 is 1.47 bits per heavy atom. The van der Waals surface area contributed by atoms with E-state index in [1.54, 1.807) is 24.7 Å². The number of nitrogens with zero attached hydrogens (tertiary/aromatic N) is 3. The molecule has 0 aliphatic carbocycles. The molecule has 0 fully saturated rings. The van der Waals surface area contributed by atoms with Crippen molar-refractivity contribution >= 4 is 11.8 Å². The van der Waals surface area contributed by atoms with E-state index in [2.05, 4.69) is 10.1 Å². The number of aliphatic hydroxyl groups is 1. The second-order valence-electron chi connectivity index (χ2n) is 3.63. The Bertz CT molecular complexity index is 527. The molecule has 1 aromatic heterocycles. The summed E-state index contributed by atoms with van der Waals surface area (Å²) in [6.07, 6.45) is 0.731. The molecule has 17 heavy (non-hydrogen) atoms. The first-order valence-electron chi connectivity index (χ1n) is 5.07. The zero-order chi connectivity index (χ0) is 12.4. The third-order valence-corrected chi connectivity index (χ3v) is 3.44. The summed E-state index contributed by atoms with van der Waals surface area (Å²) in [5, 5.41) is 14.3. The molecule has 1 N–H and O–H groups in total. The highest BCUT2D eigenvalue weighted by Gasteiger charge is 2.12. The van der Waals surface area contributed by atoms with Gasteiger partial charge < -0.3 is 5.11 Å². The molecule has 4 nitrogen and oxygen atoms in total. The maximum absolute atomic E-state index is 13.1. The van der Waals surface area contributed by atoms with Gasteiger partial charge in [0.05, 0.1) is 6.10 Å². The van der Waals surface area contributed by atoms with Gasteiger partial charge >= 0.3 is 0 Å². The highest BCUT2D eigenvalue weighted by atomic mass is 32.2. The summed E-state index contributed by atoms with van der Waals surface area (Å²) in [7, 11) is 1.78. The fourth-order valence-corrected chi connectivity index (χ4v) is 2.37. The minimum Gasteiger partial charge on any atom is -0.389 e. The topological polar surface area (TPSA) is 50.9 Å². The molecule has 1 atom stereocenters. The van der Waals surface area contributed by atoms with Crippen molar-refractivity contribution in [2.24, 2.45) is 7.05 Å². The lowest BCUT2D eigenvalue weighted by atomic mass is 10.1. The zero-order valence-corrected chi connectivity index (χ0v) is 10.3. The number of aliphatic hydroxyl groups excluding tert-OH is 1. The largest absolute Gasteiger partial charge is 0.389 e. The Balaban J connectivity index is 2.36. The summed E-state index contributed by atoms with van der Waals surface area (Å²) in [5.41, 5.74) is 0.554. The van der Waals surface area contributed by atoms with E-state index in [1.807, 2.05) is 0 Å². The van der Waals surface area contributed by atoms with Crippen LogP contribution in [0.25, 0.3) is 0 Å². The van der Waals surface area contributed by atoms with E-state index in [0.29, 0.717) is 10.7 Å². The zero-order valence-electron chi connectivity index (χ0n) is 9.46. The average molecular weight is 253 g/mol. The van der Waals surface area contributed by atoms with Crippen LogP contribution in [0.4, 0.5) is 4.39 Å². The maximum Gasteiger partial charge on any atom is 0.190 e. The molecule has 0 amide bonds. The number of aryl methyl sites for hydroxylation is 1. The normalized spacial score (nSPS) is 12.7. The molecule has 0 radical (unpaired) electrons. The second kappa shape index (κ2) is 4.85. The number of hydrogen-bond donors (Lipinski definition) is 1. The minimum absolute atomic E-state index is 0.358. The number of rotatable bonds is 3. The van der Waals surface area contributed by atoms with Gasteiger partial charge in [-0.2, -0.15) is 5.10 Å². The number of benzene rings is 1.